The van der Waals surface area contributed by atoms with Crippen molar-refractivity contribution < 1.29 is 4.39 Å². The van der Waals surface area contributed by atoms with Gasteiger partial charge in [0.1, 0.15) is 11.5 Å². The average Bonchev–Trinajstić information content (AvgIpc) is 2.76. The molecule has 0 atom stereocenters. The van der Waals surface area contributed by atoms with Crippen LogP contribution in [0.5, 0.6) is 0 Å². The van der Waals surface area contributed by atoms with Gasteiger partial charge in [-0.3, -0.25) is 9.20 Å². The molecule has 0 fully saturated rings. The number of nitrogens with one attached hydrogen (secondary N) is 1. The van der Waals surface area contributed by atoms with E-state index < -0.39 is 0 Å². The lowest BCUT2D eigenvalue weighted by Gasteiger charge is -1.99. The van der Waals surface area contributed by atoms with Crippen LogP contribution in [0.4, 0.5) is 4.39 Å². The number of halogens is 1. The van der Waals surface area contributed by atoms with E-state index in [1.54, 1.807) is 30.5 Å². The molecule has 0 aliphatic carbocycles. The van der Waals surface area contributed by atoms with E-state index in [1.807, 2.05) is 6.07 Å². The maximum Gasteiger partial charge on any atom is 0.256 e. The summed E-state index contributed by atoms with van der Waals surface area (Å²) >= 11 is 0. The molecule has 3 aromatic rings. The van der Waals surface area contributed by atoms with Crippen molar-refractivity contribution in [3.63, 3.8) is 0 Å². The van der Waals surface area contributed by atoms with Crippen molar-refractivity contribution in [2.24, 2.45) is 0 Å². The maximum atomic E-state index is 13.5. The summed E-state index contributed by atoms with van der Waals surface area (Å²) in [5, 5.41) is 0. The zero-order valence-corrected chi connectivity index (χ0v) is 9.56. The van der Waals surface area contributed by atoms with Crippen LogP contribution in [0.3, 0.4) is 0 Å². The third-order valence-corrected chi connectivity index (χ3v) is 2.90. The Morgan fingerprint density at radius 2 is 1.94 bits per heavy atom. The monoisotopic (exact) mass is 242 g/mol. The van der Waals surface area contributed by atoms with E-state index in [0.717, 1.165) is 5.69 Å². The van der Waals surface area contributed by atoms with Gasteiger partial charge < -0.3 is 4.98 Å². The van der Waals surface area contributed by atoms with Crippen LogP contribution in [-0.4, -0.2) is 9.38 Å². The molecular weight excluding hydrogens is 231 g/mol. The molecule has 2 aromatic heterocycles. The van der Waals surface area contributed by atoms with E-state index in [-0.39, 0.29) is 11.4 Å². The average molecular weight is 242 g/mol. The highest BCUT2D eigenvalue weighted by atomic mass is 19.1. The Kier molecular flexibility index (Phi) is 2.48. The lowest BCUT2D eigenvalue weighted by atomic mass is 10.1. The standard InChI is InChI=1S/C14H11FN2O/c15-12-5-2-1-4-10(12)8-11-9-17-13(16-11)6-3-7-14(17)18/h1-7,9,16H,8H2. The number of H-pyrrole nitrogens is 1. The molecule has 4 heteroatoms. The summed E-state index contributed by atoms with van der Waals surface area (Å²) in [7, 11) is 0. The molecule has 0 saturated heterocycles. The number of hydrogen-bond acceptors (Lipinski definition) is 1. The Labute approximate surface area is 103 Å². The molecule has 3 nitrogen and oxygen atoms in total. The molecule has 90 valence electrons. The summed E-state index contributed by atoms with van der Waals surface area (Å²) in [6.45, 7) is 0. The Morgan fingerprint density at radius 1 is 1.11 bits per heavy atom. The van der Waals surface area contributed by atoms with Crippen LogP contribution in [-0.2, 0) is 6.42 Å². The van der Waals surface area contributed by atoms with Gasteiger partial charge in [0.2, 0.25) is 0 Å². The van der Waals surface area contributed by atoms with Gasteiger partial charge in [0.05, 0.1) is 0 Å². The quantitative estimate of drug-likeness (QED) is 0.736. The summed E-state index contributed by atoms with van der Waals surface area (Å²) < 4.78 is 15.1. The van der Waals surface area contributed by atoms with Crippen LogP contribution in [0.25, 0.3) is 5.65 Å². The fraction of sp³-hybridized carbons (Fsp3) is 0.0714. The van der Waals surface area contributed by atoms with Crippen molar-refractivity contribution in [2.45, 2.75) is 6.42 Å². The number of pyridine rings is 1. The number of nitrogens with zero attached hydrogens (tertiary/aromatic N) is 1. The first-order valence-electron chi connectivity index (χ1n) is 5.67. The second kappa shape index (κ2) is 4.14. The molecule has 1 aromatic carbocycles. The SMILES string of the molecule is O=c1cccc2[nH]c(Cc3ccccc3F)cn12. The predicted molar refractivity (Wildman–Crippen MR) is 67.2 cm³/mol. The fourth-order valence-electron chi connectivity index (χ4n) is 2.03. The van der Waals surface area contributed by atoms with Gasteiger partial charge >= 0.3 is 0 Å². The zero-order chi connectivity index (χ0) is 12.5. The number of aromatic amines is 1. The number of benzene rings is 1. The van der Waals surface area contributed by atoms with E-state index in [0.29, 0.717) is 17.6 Å². The Hall–Kier alpha value is -2.36. The molecule has 18 heavy (non-hydrogen) atoms. The minimum absolute atomic E-state index is 0.0940. The molecule has 2 heterocycles. The van der Waals surface area contributed by atoms with Crippen LogP contribution in [0.1, 0.15) is 11.3 Å². The van der Waals surface area contributed by atoms with Crippen LogP contribution < -0.4 is 5.56 Å². The molecule has 1 N–H and O–H groups in total. The third kappa shape index (κ3) is 1.82. The number of imidazole rings is 1. The van der Waals surface area contributed by atoms with Crippen molar-refractivity contribution in [1.82, 2.24) is 9.38 Å². The number of rotatable bonds is 2. The molecule has 0 amide bonds. The first-order chi connectivity index (χ1) is 8.74. The van der Waals surface area contributed by atoms with Crippen molar-refractivity contribution in [2.75, 3.05) is 0 Å². The van der Waals surface area contributed by atoms with E-state index in [1.165, 1.54) is 16.5 Å². The van der Waals surface area contributed by atoms with Gasteiger partial charge in [0.15, 0.2) is 0 Å². The van der Waals surface area contributed by atoms with Gasteiger partial charge in [-0.25, -0.2) is 4.39 Å². The van der Waals surface area contributed by atoms with E-state index >= 15 is 0 Å². The second-order valence-corrected chi connectivity index (χ2v) is 4.17. The van der Waals surface area contributed by atoms with Gasteiger partial charge in [-0.1, -0.05) is 24.3 Å². The molecular formula is C14H11FN2O. The first-order valence-corrected chi connectivity index (χ1v) is 5.67. The van der Waals surface area contributed by atoms with E-state index in [2.05, 4.69) is 4.98 Å². The van der Waals surface area contributed by atoms with Crippen LogP contribution >= 0.6 is 0 Å². The number of aromatic nitrogens is 2. The van der Waals surface area contributed by atoms with E-state index in [9.17, 15) is 9.18 Å². The van der Waals surface area contributed by atoms with Crippen molar-refractivity contribution in [1.29, 1.82) is 0 Å². The highest BCUT2D eigenvalue weighted by Gasteiger charge is 2.05. The van der Waals surface area contributed by atoms with Crippen LogP contribution in [0.2, 0.25) is 0 Å². The lowest BCUT2D eigenvalue weighted by molar-refractivity contribution is 0.613. The molecule has 0 spiro atoms. The van der Waals surface area contributed by atoms with Crippen LogP contribution in [0.15, 0.2) is 53.5 Å². The Bertz CT molecular complexity index is 758. The molecule has 0 radical (unpaired) electrons. The first kappa shape index (κ1) is 10.8. The van der Waals surface area contributed by atoms with Crippen molar-refractivity contribution in [3.8, 4) is 0 Å². The second-order valence-electron chi connectivity index (χ2n) is 4.17. The summed E-state index contributed by atoms with van der Waals surface area (Å²) in [6, 6.07) is 11.6. The third-order valence-electron chi connectivity index (χ3n) is 2.90. The van der Waals surface area contributed by atoms with Gasteiger partial charge in [0.25, 0.3) is 5.56 Å². The summed E-state index contributed by atoms with van der Waals surface area (Å²) in [5.41, 5.74) is 2.04. The fourth-order valence-corrected chi connectivity index (χ4v) is 2.03. The van der Waals surface area contributed by atoms with Gasteiger partial charge in [-0.05, 0) is 17.7 Å². The normalized spacial score (nSPS) is 10.9. The van der Waals surface area contributed by atoms with Gasteiger partial charge in [-0.15, -0.1) is 0 Å². The smallest absolute Gasteiger partial charge is 0.256 e. The molecule has 0 bridgehead atoms. The molecule has 0 aliphatic heterocycles. The minimum Gasteiger partial charge on any atom is -0.343 e. The van der Waals surface area contributed by atoms with Crippen molar-refractivity contribution >= 4 is 5.65 Å². The van der Waals surface area contributed by atoms with Crippen LogP contribution in [0, 0.1) is 5.82 Å². The maximum absolute atomic E-state index is 13.5. The highest BCUT2D eigenvalue weighted by Crippen LogP contribution is 2.12. The molecule has 0 saturated carbocycles. The number of hydrogen-bond donors (Lipinski definition) is 1. The molecule has 0 unspecified atom stereocenters. The summed E-state index contributed by atoms with van der Waals surface area (Å²) in [4.78, 5) is 14.7. The van der Waals surface area contributed by atoms with Gasteiger partial charge in [-0.2, -0.15) is 0 Å². The minimum atomic E-state index is -0.233. The predicted octanol–water partition coefficient (Wildman–Crippen LogP) is 2.36. The Balaban J connectivity index is 2.04. The van der Waals surface area contributed by atoms with Crippen molar-refractivity contribution in [3.05, 3.63) is 76.1 Å². The highest BCUT2D eigenvalue weighted by molar-refractivity contribution is 5.40. The molecule has 0 aliphatic rings. The lowest BCUT2D eigenvalue weighted by Crippen LogP contribution is -2.08. The summed E-state index contributed by atoms with van der Waals surface area (Å²) in [5.74, 6) is -0.233. The van der Waals surface area contributed by atoms with Gasteiger partial charge in [0, 0.05) is 24.4 Å². The zero-order valence-electron chi connectivity index (χ0n) is 9.56. The Morgan fingerprint density at radius 3 is 2.72 bits per heavy atom. The molecule has 3 rings (SSSR count). The number of fused-ring (bicyclic) bond motifs is 1. The van der Waals surface area contributed by atoms with E-state index in [4.69, 9.17) is 0 Å². The summed E-state index contributed by atoms with van der Waals surface area (Å²) in [6.07, 6.45) is 2.15. The largest absolute Gasteiger partial charge is 0.343 e. The topological polar surface area (TPSA) is 37.3 Å².